The maximum atomic E-state index is 13.5. The van der Waals surface area contributed by atoms with Crippen molar-refractivity contribution in [1.82, 2.24) is 4.90 Å². The van der Waals surface area contributed by atoms with E-state index in [1.165, 1.54) is 11.0 Å². The Labute approximate surface area is 130 Å². The Bertz CT molecular complexity index is 594. The molecule has 2 rings (SSSR count). The summed E-state index contributed by atoms with van der Waals surface area (Å²) in [5, 5.41) is 11.7. The molecule has 1 aliphatic heterocycles. The van der Waals surface area contributed by atoms with Gasteiger partial charge in [-0.05, 0) is 46.5 Å². The summed E-state index contributed by atoms with van der Waals surface area (Å²) in [5.41, 5.74) is 1.10. The second kappa shape index (κ2) is 6.01. The summed E-state index contributed by atoms with van der Waals surface area (Å²) in [5.74, 6) is -2.02. The van der Waals surface area contributed by atoms with E-state index in [9.17, 15) is 14.0 Å². The quantitative estimate of drug-likeness (QED) is 0.853. The molecule has 5 nitrogen and oxygen atoms in total. The van der Waals surface area contributed by atoms with Crippen LogP contribution in [0.3, 0.4) is 0 Å². The van der Waals surface area contributed by atoms with Gasteiger partial charge in [0.15, 0.2) is 0 Å². The van der Waals surface area contributed by atoms with Crippen molar-refractivity contribution < 1.29 is 19.1 Å². The molecule has 1 fully saturated rings. The van der Waals surface area contributed by atoms with Crippen molar-refractivity contribution in [3.63, 3.8) is 0 Å². The van der Waals surface area contributed by atoms with Crippen LogP contribution < -0.4 is 5.32 Å². The number of carboxylic acids is 1. The van der Waals surface area contributed by atoms with E-state index in [-0.39, 0.29) is 12.5 Å². The third-order valence-electron chi connectivity index (χ3n) is 3.73. The van der Waals surface area contributed by atoms with E-state index < -0.39 is 23.7 Å². The molecule has 2 N–H and O–H groups in total. The summed E-state index contributed by atoms with van der Waals surface area (Å²) in [4.78, 5) is 24.7. The highest BCUT2D eigenvalue weighted by molar-refractivity contribution is 9.10. The molecule has 0 aliphatic carbocycles. The average Bonchev–Trinajstić information content (AvgIpc) is 2.78. The first-order chi connectivity index (χ1) is 9.79. The number of halogens is 2. The van der Waals surface area contributed by atoms with Crippen molar-refractivity contribution in [3.8, 4) is 0 Å². The Morgan fingerprint density at radius 1 is 1.43 bits per heavy atom. The molecule has 1 aliphatic rings. The minimum Gasteiger partial charge on any atom is -0.481 e. The van der Waals surface area contributed by atoms with Gasteiger partial charge < -0.3 is 15.3 Å². The van der Waals surface area contributed by atoms with Gasteiger partial charge in [0.1, 0.15) is 5.82 Å². The number of likely N-dealkylation sites (tertiary alicyclic amines) is 1. The van der Waals surface area contributed by atoms with Crippen LogP contribution in [0.5, 0.6) is 0 Å². The normalized spacial score (nSPS) is 21.4. The number of urea groups is 1. The predicted octanol–water partition coefficient (Wildman–Crippen LogP) is 3.08. The lowest BCUT2D eigenvalue weighted by Gasteiger charge is -2.18. The number of carbonyl (C=O) groups is 2. The SMILES string of the molecule is Cc1cc(Br)c(F)cc1NC(=O)N1CC(C)C(C(=O)O)C1. The van der Waals surface area contributed by atoms with Crippen LogP contribution in [0.4, 0.5) is 14.9 Å². The van der Waals surface area contributed by atoms with E-state index in [0.717, 1.165) is 5.56 Å². The Hall–Kier alpha value is -1.63. The first kappa shape index (κ1) is 15.8. The number of anilines is 1. The van der Waals surface area contributed by atoms with E-state index in [1.807, 2.05) is 0 Å². The highest BCUT2D eigenvalue weighted by Crippen LogP contribution is 2.26. The summed E-state index contributed by atoms with van der Waals surface area (Å²) in [6, 6.07) is 2.42. The zero-order valence-corrected chi connectivity index (χ0v) is 13.3. The van der Waals surface area contributed by atoms with Gasteiger partial charge in [0.05, 0.1) is 10.4 Å². The van der Waals surface area contributed by atoms with E-state index in [1.54, 1.807) is 19.9 Å². The van der Waals surface area contributed by atoms with Crippen molar-refractivity contribution >= 4 is 33.6 Å². The topological polar surface area (TPSA) is 69.6 Å². The Balaban J connectivity index is 2.09. The third kappa shape index (κ3) is 3.34. The number of amides is 2. The van der Waals surface area contributed by atoms with Gasteiger partial charge >= 0.3 is 12.0 Å². The lowest BCUT2D eigenvalue weighted by molar-refractivity contribution is -0.142. The third-order valence-corrected chi connectivity index (χ3v) is 4.33. The molecule has 2 amide bonds. The fraction of sp³-hybridized carbons (Fsp3) is 0.429. The molecule has 114 valence electrons. The van der Waals surface area contributed by atoms with E-state index in [0.29, 0.717) is 16.7 Å². The van der Waals surface area contributed by atoms with Crippen LogP contribution in [0, 0.1) is 24.6 Å². The molecule has 1 saturated heterocycles. The number of nitrogens with zero attached hydrogens (tertiary/aromatic N) is 1. The molecule has 1 heterocycles. The van der Waals surface area contributed by atoms with Crippen LogP contribution >= 0.6 is 15.9 Å². The van der Waals surface area contributed by atoms with Gasteiger partial charge in [0.25, 0.3) is 0 Å². The highest BCUT2D eigenvalue weighted by Gasteiger charge is 2.37. The zero-order valence-electron chi connectivity index (χ0n) is 11.7. The molecule has 7 heteroatoms. The molecular weight excluding hydrogens is 343 g/mol. The van der Waals surface area contributed by atoms with Gasteiger partial charge in [-0.15, -0.1) is 0 Å². The summed E-state index contributed by atoms with van der Waals surface area (Å²) < 4.78 is 13.9. The zero-order chi connectivity index (χ0) is 15.7. The Kier molecular flexibility index (Phi) is 4.51. The summed E-state index contributed by atoms with van der Waals surface area (Å²) >= 11 is 3.08. The molecule has 2 unspecified atom stereocenters. The fourth-order valence-corrected chi connectivity index (χ4v) is 2.89. The second-order valence-corrected chi connectivity index (χ2v) is 6.19. The minimum absolute atomic E-state index is 0.101. The molecule has 0 bridgehead atoms. The summed E-state index contributed by atoms with van der Waals surface area (Å²) in [6.07, 6.45) is 0. The molecule has 0 saturated carbocycles. The van der Waals surface area contributed by atoms with Gasteiger partial charge in [-0.25, -0.2) is 9.18 Å². The van der Waals surface area contributed by atoms with Crippen molar-refractivity contribution in [2.24, 2.45) is 11.8 Å². The average molecular weight is 359 g/mol. The molecule has 1 aromatic rings. The van der Waals surface area contributed by atoms with Crippen molar-refractivity contribution in [1.29, 1.82) is 0 Å². The van der Waals surface area contributed by atoms with Gasteiger partial charge in [0.2, 0.25) is 0 Å². The smallest absolute Gasteiger partial charge is 0.321 e. The summed E-state index contributed by atoms with van der Waals surface area (Å²) in [6.45, 7) is 4.10. The van der Waals surface area contributed by atoms with Crippen LogP contribution in [-0.2, 0) is 4.79 Å². The first-order valence-electron chi connectivity index (χ1n) is 6.54. The number of carboxylic acid groups (broad SMARTS) is 1. The number of rotatable bonds is 2. The monoisotopic (exact) mass is 358 g/mol. The van der Waals surface area contributed by atoms with Crippen LogP contribution in [-0.4, -0.2) is 35.1 Å². The number of carbonyl (C=O) groups excluding carboxylic acids is 1. The lowest BCUT2D eigenvalue weighted by atomic mass is 9.99. The maximum Gasteiger partial charge on any atom is 0.321 e. The number of hydrogen-bond donors (Lipinski definition) is 2. The van der Waals surface area contributed by atoms with Gasteiger partial charge in [-0.1, -0.05) is 6.92 Å². The van der Waals surface area contributed by atoms with Gasteiger partial charge in [0, 0.05) is 18.8 Å². The van der Waals surface area contributed by atoms with Gasteiger partial charge in [-0.3, -0.25) is 4.79 Å². The molecule has 0 radical (unpaired) electrons. The minimum atomic E-state index is -0.899. The molecule has 0 spiro atoms. The van der Waals surface area contributed by atoms with Gasteiger partial charge in [-0.2, -0.15) is 0 Å². The van der Waals surface area contributed by atoms with E-state index in [4.69, 9.17) is 5.11 Å². The number of hydrogen-bond acceptors (Lipinski definition) is 2. The Morgan fingerprint density at radius 3 is 2.67 bits per heavy atom. The van der Waals surface area contributed by atoms with E-state index >= 15 is 0 Å². The standard InChI is InChI=1S/C14H16BrFN2O3/c1-7-3-10(15)11(16)4-12(7)17-14(21)18-5-8(2)9(6-18)13(19)20/h3-4,8-9H,5-6H2,1-2H3,(H,17,21)(H,19,20). The molecular formula is C14H16BrFN2O3. The Morgan fingerprint density at radius 2 is 2.10 bits per heavy atom. The van der Waals surface area contributed by atoms with Crippen molar-refractivity contribution in [2.45, 2.75) is 13.8 Å². The van der Waals surface area contributed by atoms with Crippen LogP contribution in [0.15, 0.2) is 16.6 Å². The highest BCUT2D eigenvalue weighted by atomic mass is 79.9. The first-order valence-corrected chi connectivity index (χ1v) is 7.33. The lowest BCUT2D eigenvalue weighted by Crippen LogP contribution is -2.34. The molecule has 21 heavy (non-hydrogen) atoms. The number of aliphatic carboxylic acids is 1. The number of benzene rings is 1. The molecule has 1 aromatic carbocycles. The van der Waals surface area contributed by atoms with Crippen LogP contribution in [0.25, 0.3) is 0 Å². The number of nitrogens with one attached hydrogen (secondary N) is 1. The second-order valence-electron chi connectivity index (χ2n) is 5.34. The largest absolute Gasteiger partial charge is 0.481 e. The molecule has 0 aromatic heterocycles. The van der Waals surface area contributed by atoms with Crippen molar-refractivity contribution in [3.05, 3.63) is 28.0 Å². The van der Waals surface area contributed by atoms with Crippen LogP contribution in [0.1, 0.15) is 12.5 Å². The van der Waals surface area contributed by atoms with Crippen LogP contribution in [0.2, 0.25) is 0 Å². The predicted molar refractivity (Wildman–Crippen MR) is 79.7 cm³/mol. The molecule has 2 atom stereocenters. The maximum absolute atomic E-state index is 13.5. The fourth-order valence-electron chi connectivity index (χ4n) is 2.43. The summed E-state index contributed by atoms with van der Waals surface area (Å²) in [7, 11) is 0. The van der Waals surface area contributed by atoms with Crippen molar-refractivity contribution in [2.75, 3.05) is 18.4 Å². The van der Waals surface area contributed by atoms with E-state index in [2.05, 4.69) is 21.2 Å². The number of aryl methyl sites for hydroxylation is 1.